The summed E-state index contributed by atoms with van der Waals surface area (Å²) in [6, 6.07) is 10.3. The minimum absolute atomic E-state index is 0.126. The number of carbonyl (C=O) groups excluding carboxylic acids is 2. The molecule has 2 amide bonds. The van der Waals surface area contributed by atoms with Gasteiger partial charge in [0, 0.05) is 29.6 Å². The maximum Gasteiger partial charge on any atom is 0.242 e. The van der Waals surface area contributed by atoms with Gasteiger partial charge in [-0.05, 0) is 68.0 Å². The molecular formula is C28H38Cl2N2O4. The Balaban J connectivity index is 2.26. The van der Waals surface area contributed by atoms with E-state index in [0.717, 1.165) is 11.1 Å². The molecule has 2 aromatic carbocycles. The highest BCUT2D eigenvalue weighted by Gasteiger charge is 2.29. The summed E-state index contributed by atoms with van der Waals surface area (Å²) >= 11 is 12.5. The first-order chi connectivity index (χ1) is 17.2. The van der Waals surface area contributed by atoms with Crippen molar-refractivity contribution in [2.45, 2.75) is 66.5 Å². The van der Waals surface area contributed by atoms with E-state index in [9.17, 15) is 9.59 Å². The zero-order chi connectivity index (χ0) is 26.7. The SMILES string of the molecule is CCOc1ccc(CCC(=O)N(Cc2ccc(Cl)cc2Cl)[C@H](CC)C(=O)NCC(C)C)cc1OCC. The van der Waals surface area contributed by atoms with E-state index in [2.05, 4.69) is 5.32 Å². The first kappa shape index (κ1) is 29.8. The van der Waals surface area contributed by atoms with Crippen molar-refractivity contribution in [1.82, 2.24) is 10.2 Å². The Hall–Kier alpha value is -2.44. The zero-order valence-corrected chi connectivity index (χ0v) is 23.4. The summed E-state index contributed by atoms with van der Waals surface area (Å²) < 4.78 is 11.4. The van der Waals surface area contributed by atoms with Gasteiger partial charge in [-0.25, -0.2) is 0 Å². The molecule has 0 bridgehead atoms. The van der Waals surface area contributed by atoms with Gasteiger partial charge in [0.15, 0.2) is 11.5 Å². The summed E-state index contributed by atoms with van der Waals surface area (Å²) in [5.74, 6) is 1.36. The molecular weight excluding hydrogens is 499 g/mol. The van der Waals surface area contributed by atoms with Crippen molar-refractivity contribution in [1.29, 1.82) is 0 Å². The van der Waals surface area contributed by atoms with Crippen LogP contribution in [0, 0.1) is 5.92 Å². The largest absolute Gasteiger partial charge is 0.490 e. The number of amides is 2. The summed E-state index contributed by atoms with van der Waals surface area (Å²) in [5.41, 5.74) is 1.70. The monoisotopic (exact) mass is 536 g/mol. The predicted molar refractivity (Wildman–Crippen MR) is 146 cm³/mol. The third kappa shape index (κ3) is 8.90. The first-order valence-electron chi connectivity index (χ1n) is 12.6. The topological polar surface area (TPSA) is 67.9 Å². The first-order valence-corrected chi connectivity index (χ1v) is 13.3. The quantitative estimate of drug-likeness (QED) is 0.307. The Morgan fingerprint density at radius 3 is 2.28 bits per heavy atom. The molecule has 36 heavy (non-hydrogen) atoms. The van der Waals surface area contributed by atoms with Crippen molar-refractivity contribution < 1.29 is 19.1 Å². The summed E-state index contributed by atoms with van der Waals surface area (Å²) in [6.07, 6.45) is 1.22. The molecule has 0 aliphatic heterocycles. The highest BCUT2D eigenvalue weighted by atomic mass is 35.5. The number of benzene rings is 2. The molecule has 1 N–H and O–H groups in total. The molecule has 0 spiro atoms. The number of halogens is 2. The number of rotatable bonds is 14. The fraction of sp³-hybridized carbons (Fsp3) is 0.500. The molecule has 0 saturated carbocycles. The van der Waals surface area contributed by atoms with Crippen molar-refractivity contribution in [3.05, 3.63) is 57.6 Å². The average molecular weight is 538 g/mol. The van der Waals surface area contributed by atoms with E-state index in [1.165, 1.54) is 0 Å². The number of ether oxygens (including phenoxy) is 2. The summed E-state index contributed by atoms with van der Waals surface area (Å²) in [5, 5.41) is 3.96. The van der Waals surface area contributed by atoms with Crippen LogP contribution < -0.4 is 14.8 Å². The highest BCUT2D eigenvalue weighted by molar-refractivity contribution is 6.35. The lowest BCUT2D eigenvalue weighted by Gasteiger charge is -2.31. The van der Waals surface area contributed by atoms with Crippen LogP contribution in [0.15, 0.2) is 36.4 Å². The van der Waals surface area contributed by atoms with Gasteiger partial charge in [-0.3, -0.25) is 9.59 Å². The molecule has 198 valence electrons. The van der Waals surface area contributed by atoms with Crippen LogP contribution in [0.4, 0.5) is 0 Å². The molecule has 0 fully saturated rings. The normalized spacial score (nSPS) is 11.8. The standard InChI is InChI=1S/C28H38Cl2N2O4/c1-6-24(28(34)31-17-19(4)5)32(18-21-11-12-22(29)16-23(21)30)27(33)14-10-20-9-13-25(35-7-2)26(15-20)36-8-3/h9,11-13,15-16,19,24H,6-8,10,14,17-18H2,1-5H3,(H,31,34)/t24-/m1/s1. The van der Waals surface area contributed by atoms with Crippen molar-refractivity contribution in [3.8, 4) is 11.5 Å². The van der Waals surface area contributed by atoms with Crippen molar-refractivity contribution in [2.24, 2.45) is 5.92 Å². The van der Waals surface area contributed by atoms with Gasteiger partial charge in [-0.1, -0.05) is 56.1 Å². The molecule has 0 aromatic heterocycles. The van der Waals surface area contributed by atoms with Gasteiger partial charge in [0.05, 0.1) is 13.2 Å². The van der Waals surface area contributed by atoms with Gasteiger partial charge in [-0.2, -0.15) is 0 Å². The summed E-state index contributed by atoms with van der Waals surface area (Å²) in [4.78, 5) is 28.2. The van der Waals surface area contributed by atoms with Gasteiger partial charge in [0.1, 0.15) is 6.04 Å². The molecule has 8 heteroatoms. The van der Waals surface area contributed by atoms with E-state index in [-0.39, 0.29) is 24.8 Å². The smallest absolute Gasteiger partial charge is 0.242 e. The maximum atomic E-state index is 13.5. The second-order valence-corrected chi connectivity index (χ2v) is 9.81. The Labute approximate surface area is 225 Å². The van der Waals surface area contributed by atoms with E-state index in [0.29, 0.717) is 60.1 Å². The molecule has 0 heterocycles. The fourth-order valence-electron chi connectivity index (χ4n) is 3.82. The highest BCUT2D eigenvalue weighted by Crippen LogP contribution is 2.29. The number of carbonyl (C=O) groups is 2. The summed E-state index contributed by atoms with van der Waals surface area (Å²) in [6.45, 7) is 11.6. The van der Waals surface area contributed by atoms with E-state index in [1.807, 2.05) is 52.8 Å². The van der Waals surface area contributed by atoms with Crippen LogP contribution in [0.3, 0.4) is 0 Å². The maximum absolute atomic E-state index is 13.5. The zero-order valence-electron chi connectivity index (χ0n) is 21.9. The fourth-order valence-corrected chi connectivity index (χ4v) is 4.29. The number of aryl methyl sites for hydroxylation is 1. The third-order valence-corrected chi connectivity index (χ3v) is 6.25. The lowest BCUT2D eigenvalue weighted by Crippen LogP contribution is -2.49. The minimum atomic E-state index is -0.609. The van der Waals surface area contributed by atoms with Crippen LogP contribution in [0.5, 0.6) is 11.5 Å². The van der Waals surface area contributed by atoms with E-state index in [1.54, 1.807) is 23.1 Å². The van der Waals surface area contributed by atoms with Crippen LogP contribution in [-0.4, -0.2) is 42.5 Å². The number of nitrogens with zero attached hydrogens (tertiary/aromatic N) is 1. The van der Waals surface area contributed by atoms with E-state index >= 15 is 0 Å². The van der Waals surface area contributed by atoms with Gasteiger partial charge < -0.3 is 19.7 Å². The average Bonchev–Trinajstić information content (AvgIpc) is 2.84. The van der Waals surface area contributed by atoms with Crippen LogP contribution >= 0.6 is 23.2 Å². The third-order valence-electron chi connectivity index (χ3n) is 5.66. The van der Waals surface area contributed by atoms with Crippen molar-refractivity contribution >= 4 is 35.0 Å². The Kier molecular flexibility index (Phi) is 12.4. The summed E-state index contributed by atoms with van der Waals surface area (Å²) in [7, 11) is 0. The minimum Gasteiger partial charge on any atom is -0.490 e. The molecule has 6 nitrogen and oxygen atoms in total. The number of nitrogens with one attached hydrogen (secondary N) is 1. The lowest BCUT2D eigenvalue weighted by atomic mass is 10.1. The molecule has 0 aliphatic carbocycles. The van der Waals surface area contributed by atoms with Gasteiger partial charge in [0.2, 0.25) is 11.8 Å². The molecule has 1 atom stereocenters. The Morgan fingerprint density at radius 1 is 0.972 bits per heavy atom. The molecule has 2 rings (SSSR count). The van der Waals surface area contributed by atoms with Gasteiger partial charge in [0.25, 0.3) is 0 Å². The van der Waals surface area contributed by atoms with Gasteiger partial charge >= 0.3 is 0 Å². The van der Waals surface area contributed by atoms with Crippen LogP contribution in [0.2, 0.25) is 10.0 Å². The number of hydrogen-bond donors (Lipinski definition) is 1. The molecule has 0 aliphatic rings. The Morgan fingerprint density at radius 2 is 1.67 bits per heavy atom. The second kappa shape index (κ2) is 15.0. The Bertz CT molecular complexity index is 1010. The van der Waals surface area contributed by atoms with E-state index < -0.39 is 6.04 Å². The van der Waals surface area contributed by atoms with Crippen molar-refractivity contribution in [2.75, 3.05) is 19.8 Å². The second-order valence-electron chi connectivity index (χ2n) is 8.97. The van der Waals surface area contributed by atoms with Crippen LogP contribution in [0.1, 0.15) is 58.6 Å². The van der Waals surface area contributed by atoms with Crippen LogP contribution in [-0.2, 0) is 22.6 Å². The molecule has 0 saturated heterocycles. The number of hydrogen-bond acceptors (Lipinski definition) is 4. The van der Waals surface area contributed by atoms with Crippen LogP contribution in [0.25, 0.3) is 0 Å². The van der Waals surface area contributed by atoms with E-state index in [4.69, 9.17) is 32.7 Å². The van der Waals surface area contributed by atoms with Gasteiger partial charge in [-0.15, -0.1) is 0 Å². The molecule has 2 aromatic rings. The molecule has 0 unspecified atom stereocenters. The predicted octanol–water partition coefficient (Wildman–Crippen LogP) is 6.30. The lowest BCUT2D eigenvalue weighted by molar-refractivity contribution is -0.141. The molecule has 0 radical (unpaired) electrons. The van der Waals surface area contributed by atoms with Crippen molar-refractivity contribution in [3.63, 3.8) is 0 Å².